The van der Waals surface area contributed by atoms with Gasteiger partial charge in [-0.3, -0.25) is 0 Å². The van der Waals surface area contributed by atoms with Crippen molar-refractivity contribution in [1.29, 1.82) is 0 Å². The molecule has 0 aromatic heterocycles. The van der Waals surface area contributed by atoms with Gasteiger partial charge >= 0.3 is 0 Å². The molecule has 0 radical (unpaired) electrons. The summed E-state index contributed by atoms with van der Waals surface area (Å²) in [5.41, 5.74) is 7.67. The van der Waals surface area contributed by atoms with Gasteiger partial charge in [0.1, 0.15) is 0 Å². The molecular formula is C13H20N2O2S. The van der Waals surface area contributed by atoms with Crippen LogP contribution in [-0.4, -0.2) is 14.5 Å². The number of sulfonamides is 1. The van der Waals surface area contributed by atoms with Gasteiger partial charge in [-0.25, -0.2) is 13.1 Å². The van der Waals surface area contributed by atoms with Crippen molar-refractivity contribution in [3.8, 4) is 0 Å². The number of hydrogen-bond acceptors (Lipinski definition) is 3. The lowest BCUT2D eigenvalue weighted by atomic mass is 10.1. The van der Waals surface area contributed by atoms with Gasteiger partial charge in [-0.1, -0.05) is 19.9 Å². The van der Waals surface area contributed by atoms with Crippen LogP contribution in [0.3, 0.4) is 0 Å². The lowest BCUT2D eigenvalue weighted by Crippen LogP contribution is -2.27. The Hall–Kier alpha value is -0.910. The van der Waals surface area contributed by atoms with Crippen molar-refractivity contribution < 1.29 is 8.42 Å². The third kappa shape index (κ3) is 2.74. The van der Waals surface area contributed by atoms with Crippen LogP contribution < -0.4 is 10.5 Å². The predicted molar refractivity (Wildman–Crippen MR) is 71.6 cm³/mol. The summed E-state index contributed by atoms with van der Waals surface area (Å²) in [6.07, 6.45) is 1.79. The van der Waals surface area contributed by atoms with Crippen LogP contribution in [0, 0.1) is 5.92 Å². The van der Waals surface area contributed by atoms with Crippen LogP contribution in [0.1, 0.15) is 31.4 Å². The fraction of sp³-hybridized carbons (Fsp3) is 0.538. The topological polar surface area (TPSA) is 72.2 Å². The zero-order chi connectivity index (χ0) is 13.3. The van der Waals surface area contributed by atoms with Crippen molar-refractivity contribution in [2.45, 2.75) is 44.2 Å². The summed E-state index contributed by atoms with van der Waals surface area (Å²) in [6.45, 7) is 4.44. The van der Waals surface area contributed by atoms with E-state index in [0.29, 0.717) is 17.4 Å². The van der Waals surface area contributed by atoms with E-state index in [2.05, 4.69) is 4.72 Å². The van der Waals surface area contributed by atoms with E-state index in [4.69, 9.17) is 5.73 Å². The minimum Gasteiger partial charge on any atom is -0.326 e. The molecular weight excluding hydrogens is 248 g/mol. The second kappa shape index (κ2) is 4.99. The summed E-state index contributed by atoms with van der Waals surface area (Å²) < 4.78 is 27.0. The first-order valence-electron chi connectivity index (χ1n) is 6.32. The quantitative estimate of drug-likeness (QED) is 0.847. The molecule has 18 heavy (non-hydrogen) atoms. The Kier molecular flexibility index (Phi) is 3.75. The number of rotatable bonds is 5. The van der Waals surface area contributed by atoms with Crippen LogP contribution in [-0.2, 0) is 23.0 Å². The molecule has 1 aliphatic carbocycles. The molecule has 2 rings (SSSR count). The third-order valence-electron chi connectivity index (χ3n) is 3.50. The van der Waals surface area contributed by atoms with Crippen LogP contribution in [0.2, 0.25) is 0 Å². The van der Waals surface area contributed by atoms with E-state index in [1.54, 1.807) is 12.1 Å². The molecule has 100 valence electrons. The average Bonchev–Trinajstić information content (AvgIpc) is 3.02. The molecule has 1 aliphatic rings. The Morgan fingerprint density at radius 2 is 2.06 bits per heavy atom. The smallest absolute Gasteiger partial charge is 0.240 e. The average molecular weight is 268 g/mol. The van der Waals surface area contributed by atoms with Gasteiger partial charge in [0.15, 0.2) is 0 Å². The van der Waals surface area contributed by atoms with Crippen LogP contribution in [0.5, 0.6) is 0 Å². The molecule has 2 atom stereocenters. The first kappa shape index (κ1) is 13.5. The third-order valence-corrected chi connectivity index (χ3v) is 4.99. The van der Waals surface area contributed by atoms with Gasteiger partial charge < -0.3 is 5.73 Å². The Labute approximate surface area is 109 Å². The zero-order valence-corrected chi connectivity index (χ0v) is 11.6. The maximum Gasteiger partial charge on any atom is 0.240 e. The number of hydrogen-bond donors (Lipinski definition) is 2. The second-order valence-electron chi connectivity index (χ2n) is 4.93. The van der Waals surface area contributed by atoms with Crippen LogP contribution in [0.4, 0.5) is 0 Å². The van der Waals surface area contributed by atoms with E-state index < -0.39 is 10.0 Å². The standard InChI is InChI=1S/C13H20N2O2S/c1-3-10-4-5-12(7-11(10)8-14)18(16,17)15-13-6-9(13)2/h4-5,7,9,13,15H,3,6,8,14H2,1-2H3. The monoisotopic (exact) mass is 268 g/mol. The van der Waals surface area contributed by atoms with Crippen molar-refractivity contribution in [3.05, 3.63) is 29.3 Å². The van der Waals surface area contributed by atoms with Crippen LogP contribution in [0.25, 0.3) is 0 Å². The maximum atomic E-state index is 12.1. The van der Waals surface area contributed by atoms with E-state index >= 15 is 0 Å². The summed E-state index contributed by atoms with van der Waals surface area (Å²) in [6, 6.07) is 5.30. The molecule has 1 aromatic carbocycles. The first-order valence-corrected chi connectivity index (χ1v) is 7.80. The molecule has 3 N–H and O–H groups in total. The van der Waals surface area contributed by atoms with Gasteiger partial charge in [-0.15, -0.1) is 0 Å². The largest absolute Gasteiger partial charge is 0.326 e. The fourth-order valence-electron chi connectivity index (χ4n) is 2.06. The first-order chi connectivity index (χ1) is 8.47. The predicted octanol–water partition coefficient (Wildman–Crippen LogP) is 1.39. The molecule has 0 bridgehead atoms. The van der Waals surface area contributed by atoms with Gasteiger partial charge in [0.05, 0.1) is 4.90 Å². The Balaban J connectivity index is 2.27. The molecule has 0 heterocycles. The van der Waals surface area contributed by atoms with Gasteiger partial charge in [0.2, 0.25) is 10.0 Å². The van der Waals surface area contributed by atoms with E-state index in [9.17, 15) is 8.42 Å². The highest BCUT2D eigenvalue weighted by atomic mass is 32.2. The Morgan fingerprint density at radius 1 is 1.39 bits per heavy atom. The number of nitrogens with one attached hydrogen (secondary N) is 1. The lowest BCUT2D eigenvalue weighted by molar-refractivity contribution is 0.578. The Morgan fingerprint density at radius 3 is 2.56 bits per heavy atom. The summed E-state index contributed by atoms with van der Waals surface area (Å²) in [4.78, 5) is 0.319. The fourth-order valence-corrected chi connectivity index (χ4v) is 3.47. The molecule has 1 aromatic rings. The summed E-state index contributed by atoms with van der Waals surface area (Å²) in [5.74, 6) is 0.448. The highest BCUT2D eigenvalue weighted by Gasteiger charge is 2.36. The molecule has 1 saturated carbocycles. The summed E-state index contributed by atoms with van der Waals surface area (Å²) in [7, 11) is -3.39. The van der Waals surface area contributed by atoms with Crippen molar-refractivity contribution in [2.75, 3.05) is 0 Å². The number of benzene rings is 1. The zero-order valence-electron chi connectivity index (χ0n) is 10.8. The molecule has 1 fully saturated rings. The van der Waals surface area contributed by atoms with E-state index in [1.807, 2.05) is 19.9 Å². The molecule has 5 heteroatoms. The maximum absolute atomic E-state index is 12.1. The second-order valence-corrected chi connectivity index (χ2v) is 6.64. The highest BCUT2D eigenvalue weighted by molar-refractivity contribution is 7.89. The Bertz CT molecular complexity index is 540. The molecule has 2 unspecified atom stereocenters. The van der Waals surface area contributed by atoms with Crippen molar-refractivity contribution in [3.63, 3.8) is 0 Å². The molecule has 0 saturated heterocycles. The highest BCUT2D eigenvalue weighted by Crippen LogP contribution is 2.30. The van der Waals surface area contributed by atoms with Gasteiger partial charge in [-0.2, -0.15) is 0 Å². The minimum absolute atomic E-state index is 0.0992. The van der Waals surface area contributed by atoms with Crippen molar-refractivity contribution in [1.82, 2.24) is 4.72 Å². The molecule has 4 nitrogen and oxygen atoms in total. The number of nitrogens with two attached hydrogens (primary N) is 1. The van der Waals surface area contributed by atoms with Crippen LogP contribution >= 0.6 is 0 Å². The van der Waals surface area contributed by atoms with Gasteiger partial charge in [0.25, 0.3) is 0 Å². The number of aryl methyl sites for hydroxylation is 1. The molecule has 0 amide bonds. The van der Waals surface area contributed by atoms with Gasteiger partial charge in [0, 0.05) is 12.6 Å². The SMILES string of the molecule is CCc1ccc(S(=O)(=O)NC2CC2C)cc1CN. The van der Waals surface area contributed by atoms with E-state index in [1.165, 1.54) is 0 Å². The minimum atomic E-state index is -3.39. The normalized spacial score (nSPS) is 23.1. The van der Waals surface area contributed by atoms with Crippen molar-refractivity contribution >= 4 is 10.0 Å². The van der Waals surface area contributed by atoms with E-state index in [-0.39, 0.29) is 6.04 Å². The van der Waals surface area contributed by atoms with E-state index in [0.717, 1.165) is 24.0 Å². The lowest BCUT2D eigenvalue weighted by Gasteiger charge is -2.10. The van der Waals surface area contributed by atoms with Gasteiger partial charge in [-0.05, 0) is 42.0 Å². The summed E-state index contributed by atoms with van der Waals surface area (Å²) in [5, 5.41) is 0. The molecule has 0 spiro atoms. The van der Waals surface area contributed by atoms with Crippen molar-refractivity contribution in [2.24, 2.45) is 11.7 Å². The molecule has 0 aliphatic heterocycles. The summed E-state index contributed by atoms with van der Waals surface area (Å²) >= 11 is 0. The van der Waals surface area contributed by atoms with Crippen LogP contribution in [0.15, 0.2) is 23.1 Å².